The molecule has 1 fully saturated rings. The minimum absolute atomic E-state index is 0.0387. The molecule has 3 N–H and O–H groups in total. The first-order valence-electron chi connectivity index (χ1n) is 6.19. The number of hydrogen-bond donors (Lipinski definition) is 2. The van der Waals surface area contributed by atoms with Gasteiger partial charge >= 0.3 is 0 Å². The number of amides is 1. The molecule has 2 unspecified atom stereocenters. The van der Waals surface area contributed by atoms with Crippen molar-refractivity contribution in [2.75, 3.05) is 18.5 Å². The highest BCUT2D eigenvalue weighted by molar-refractivity contribution is 5.99. The van der Waals surface area contributed by atoms with Gasteiger partial charge in [-0.05, 0) is 26.0 Å². The van der Waals surface area contributed by atoms with E-state index in [1.807, 2.05) is 0 Å². The van der Waals surface area contributed by atoms with Gasteiger partial charge in [0.2, 0.25) is 5.91 Å². The Bertz CT molecular complexity index is 515. The molecule has 1 aliphatic heterocycles. The van der Waals surface area contributed by atoms with E-state index >= 15 is 0 Å². The van der Waals surface area contributed by atoms with Gasteiger partial charge in [0.1, 0.15) is 0 Å². The summed E-state index contributed by atoms with van der Waals surface area (Å²) in [5.41, 5.74) is 6.34. The predicted octanol–water partition coefficient (Wildman–Crippen LogP) is 1.19. The number of hydrogen-bond acceptors (Lipinski definition) is 4. The van der Waals surface area contributed by atoms with Crippen LogP contribution in [0.2, 0.25) is 0 Å². The number of rotatable bonds is 3. The first-order chi connectivity index (χ1) is 8.93. The van der Waals surface area contributed by atoms with Gasteiger partial charge in [0.15, 0.2) is 5.78 Å². The normalized spacial score (nSPS) is 26.2. The van der Waals surface area contributed by atoms with E-state index in [0.717, 1.165) is 0 Å². The van der Waals surface area contributed by atoms with Crippen LogP contribution in [0.1, 0.15) is 24.2 Å². The van der Waals surface area contributed by atoms with Crippen molar-refractivity contribution in [1.29, 1.82) is 0 Å². The monoisotopic (exact) mass is 262 g/mol. The lowest BCUT2D eigenvalue weighted by molar-refractivity contribution is -0.125. The van der Waals surface area contributed by atoms with Gasteiger partial charge in [0, 0.05) is 17.3 Å². The van der Waals surface area contributed by atoms with Gasteiger partial charge in [-0.15, -0.1) is 0 Å². The van der Waals surface area contributed by atoms with Crippen LogP contribution < -0.4 is 11.1 Å². The number of ketones is 1. The Balaban J connectivity index is 2.15. The second-order valence-electron chi connectivity index (χ2n) is 5.13. The van der Waals surface area contributed by atoms with E-state index in [9.17, 15) is 9.59 Å². The summed E-state index contributed by atoms with van der Waals surface area (Å²) in [5.74, 6) is -0.221. The number of carbonyl (C=O) groups excluding carboxylic acids is 2. The number of carbonyl (C=O) groups is 2. The molecular formula is C14H18N2O3. The Labute approximate surface area is 112 Å². The van der Waals surface area contributed by atoms with Crippen molar-refractivity contribution in [2.24, 2.45) is 11.1 Å². The van der Waals surface area contributed by atoms with E-state index in [1.165, 1.54) is 6.92 Å². The van der Waals surface area contributed by atoms with E-state index in [2.05, 4.69) is 5.32 Å². The Morgan fingerprint density at radius 3 is 2.79 bits per heavy atom. The Morgan fingerprint density at radius 2 is 2.21 bits per heavy atom. The molecule has 1 aliphatic rings. The van der Waals surface area contributed by atoms with E-state index in [1.54, 1.807) is 31.2 Å². The molecule has 5 nitrogen and oxygen atoms in total. The summed E-state index contributed by atoms with van der Waals surface area (Å²) in [4.78, 5) is 23.6. The molecule has 0 saturated carbocycles. The summed E-state index contributed by atoms with van der Waals surface area (Å²) in [7, 11) is 0. The molecule has 0 aliphatic carbocycles. The second kappa shape index (κ2) is 5.11. The second-order valence-corrected chi connectivity index (χ2v) is 5.13. The number of ether oxygens (including phenoxy) is 1. The molecule has 0 spiro atoms. The standard InChI is InChI=1S/C14H18N2O3/c1-9(17)10-4-3-5-11(6-10)16-13(18)14(2)8-19-7-12(14)15/h3-6,12H,7-8,15H2,1-2H3,(H,16,18). The molecule has 2 atom stereocenters. The average Bonchev–Trinajstić information content (AvgIpc) is 2.71. The van der Waals surface area contributed by atoms with Gasteiger partial charge < -0.3 is 15.8 Å². The largest absolute Gasteiger partial charge is 0.379 e. The number of nitrogens with one attached hydrogen (secondary N) is 1. The van der Waals surface area contributed by atoms with Crippen LogP contribution in [-0.4, -0.2) is 30.9 Å². The van der Waals surface area contributed by atoms with Crippen LogP contribution in [0.15, 0.2) is 24.3 Å². The highest BCUT2D eigenvalue weighted by atomic mass is 16.5. The zero-order valence-corrected chi connectivity index (χ0v) is 11.1. The SMILES string of the molecule is CC(=O)c1cccc(NC(=O)C2(C)COCC2N)c1. The van der Waals surface area contributed by atoms with Crippen LogP contribution in [0.4, 0.5) is 5.69 Å². The van der Waals surface area contributed by atoms with Crippen molar-refractivity contribution in [1.82, 2.24) is 0 Å². The van der Waals surface area contributed by atoms with Crippen LogP contribution in [0.5, 0.6) is 0 Å². The van der Waals surface area contributed by atoms with E-state index in [0.29, 0.717) is 24.5 Å². The van der Waals surface area contributed by atoms with E-state index in [-0.39, 0.29) is 17.7 Å². The topological polar surface area (TPSA) is 81.4 Å². The molecule has 1 saturated heterocycles. The lowest BCUT2D eigenvalue weighted by Crippen LogP contribution is -2.47. The third-order valence-corrected chi connectivity index (χ3v) is 3.56. The molecule has 1 amide bonds. The van der Waals surface area contributed by atoms with Crippen LogP contribution in [0.3, 0.4) is 0 Å². The van der Waals surface area contributed by atoms with Crippen LogP contribution in [0.25, 0.3) is 0 Å². The lowest BCUT2D eigenvalue weighted by Gasteiger charge is -2.25. The van der Waals surface area contributed by atoms with Crippen molar-refractivity contribution in [3.8, 4) is 0 Å². The summed E-state index contributed by atoms with van der Waals surface area (Å²) < 4.78 is 5.25. The fourth-order valence-electron chi connectivity index (χ4n) is 2.01. The predicted molar refractivity (Wildman–Crippen MR) is 72.0 cm³/mol. The zero-order chi connectivity index (χ0) is 14.0. The Hall–Kier alpha value is -1.72. The first-order valence-corrected chi connectivity index (χ1v) is 6.19. The minimum atomic E-state index is -0.730. The summed E-state index contributed by atoms with van der Waals surface area (Å²) in [6, 6.07) is 6.53. The molecule has 102 valence electrons. The van der Waals surface area contributed by atoms with E-state index < -0.39 is 5.41 Å². The molecule has 0 radical (unpaired) electrons. The maximum absolute atomic E-state index is 12.3. The number of nitrogens with two attached hydrogens (primary N) is 1. The van der Waals surface area contributed by atoms with Gasteiger partial charge in [-0.2, -0.15) is 0 Å². The van der Waals surface area contributed by atoms with Crippen LogP contribution in [-0.2, 0) is 9.53 Å². The molecule has 0 aromatic heterocycles. The average molecular weight is 262 g/mol. The van der Waals surface area contributed by atoms with Gasteiger partial charge in [-0.1, -0.05) is 12.1 Å². The van der Waals surface area contributed by atoms with E-state index in [4.69, 9.17) is 10.5 Å². The molecule has 5 heteroatoms. The number of anilines is 1. The fourth-order valence-corrected chi connectivity index (χ4v) is 2.01. The summed E-state index contributed by atoms with van der Waals surface area (Å²) in [5, 5.41) is 2.80. The molecule has 1 heterocycles. The van der Waals surface area contributed by atoms with Gasteiger partial charge in [-0.3, -0.25) is 9.59 Å². The summed E-state index contributed by atoms with van der Waals surface area (Å²) in [6.07, 6.45) is 0. The lowest BCUT2D eigenvalue weighted by atomic mass is 9.85. The van der Waals surface area contributed by atoms with Crippen molar-refractivity contribution in [3.63, 3.8) is 0 Å². The quantitative estimate of drug-likeness (QED) is 0.802. The highest BCUT2D eigenvalue weighted by Gasteiger charge is 2.44. The maximum atomic E-state index is 12.3. The summed E-state index contributed by atoms with van der Waals surface area (Å²) in [6.45, 7) is 3.97. The molecule has 0 bridgehead atoms. The third-order valence-electron chi connectivity index (χ3n) is 3.56. The molecule has 1 aromatic rings. The zero-order valence-electron chi connectivity index (χ0n) is 11.1. The smallest absolute Gasteiger partial charge is 0.234 e. The van der Waals surface area contributed by atoms with Crippen molar-refractivity contribution >= 4 is 17.4 Å². The maximum Gasteiger partial charge on any atom is 0.234 e. The first kappa shape index (κ1) is 13.7. The van der Waals surface area contributed by atoms with Gasteiger partial charge in [0.25, 0.3) is 0 Å². The molecular weight excluding hydrogens is 244 g/mol. The van der Waals surface area contributed by atoms with Crippen molar-refractivity contribution in [2.45, 2.75) is 19.9 Å². The molecule has 2 rings (SSSR count). The molecule has 19 heavy (non-hydrogen) atoms. The fraction of sp³-hybridized carbons (Fsp3) is 0.429. The highest BCUT2D eigenvalue weighted by Crippen LogP contribution is 2.28. The Kier molecular flexibility index (Phi) is 3.68. The van der Waals surface area contributed by atoms with Crippen LogP contribution in [0, 0.1) is 5.41 Å². The minimum Gasteiger partial charge on any atom is -0.379 e. The number of Topliss-reactive ketones (excluding diaryl/α,β-unsaturated/α-hetero) is 1. The third kappa shape index (κ3) is 2.67. The summed E-state index contributed by atoms with van der Waals surface area (Å²) >= 11 is 0. The van der Waals surface area contributed by atoms with Crippen LogP contribution >= 0.6 is 0 Å². The van der Waals surface area contributed by atoms with Gasteiger partial charge in [-0.25, -0.2) is 0 Å². The molecule has 1 aromatic carbocycles. The van der Waals surface area contributed by atoms with Crippen molar-refractivity contribution in [3.05, 3.63) is 29.8 Å². The number of benzene rings is 1. The van der Waals surface area contributed by atoms with Gasteiger partial charge in [0.05, 0.1) is 18.6 Å². The Morgan fingerprint density at radius 1 is 1.47 bits per heavy atom. The van der Waals surface area contributed by atoms with Crippen molar-refractivity contribution < 1.29 is 14.3 Å².